The topological polar surface area (TPSA) is 114 Å². The normalized spacial score (nSPS) is 15.3. The number of carbonyl (C=O) groups is 1. The summed E-state index contributed by atoms with van der Waals surface area (Å²) in [7, 11) is 1.33. The lowest BCUT2D eigenvalue weighted by Crippen LogP contribution is -2.21. The third-order valence-corrected chi connectivity index (χ3v) is 5.27. The number of aromatic amines is 1. The summed E-state index contributed by atoms with van der Waals surface area (Å²) in [6.07, 6.45) is 0. The van der Waals surface area contributed by atoms with Gasteiger partial charge in [0.05, 0.1) is 29.8 Å². The highest BCUT2D eigenvalue weighted by molar-refractivity contribution is 9.10. The van der Waals surface area contributed by atoms with Crippen molar-refractivity contribution >= 4 is 21.9 Å². The highest BCUT2D eigenvalue weighted by Crippen LogP contribution is 2.45. The number of rotatable bonds is 3. The Morgan fingerprint density at radius 2 is 1.93 bits per heavy atom. The number of benzene rings is 2. The minimum atomic E-state index is -0.493. The fraction of sp³-hybridized carbons (Fsp3) is 0.0952. The number of H-pyrrole nitrogens is 1. The number of methoxy groups -OCH3 is 1. The Morgan fingerprint density at radius 3 is 2.55 bits per heavy atom. The molecule has 0 saturated heterocycles. The van der Waals surface area contributed by atoms with Crippen LogP contribution < -0.4 is 10.5 Å². The number of allylic oxidation sites excluding steroid dienone is 1. The Balaban J connectivity index is 1.87. The van der Waals surface area contributed by atoms with Crippen LogP contribution in [-0.2, 0) is 4.74 Å². The van der Waals surface area contributed by atoms with E-state index < -0.39 is 11.9 Å². The van der Waals surface area contributed by atoms with Crippen LogP contribution in [0.3, 0.4) is 0 Å². The molecule has 7 nitrogen and oxygen atoms in total. The van der Waals surface area contributed by atoms with Crippen LogP contribution in [0.5, 0.6) is 5.88 Å². The third kappa shape index (κ3) is 3.26. The summed E-state index contributed by atoms with van der Waals surface area (Å²) in [4.78, 5) is 11.8. The maximum atomic E-state index is 11.8. The maximum absolute atomic E-state index is 11.8. The Morgan fingerprint density at radius 1 is 1.24 bits per heavy atom. The molecule has 4 rings (SSSR count). The number of nitriles is 1. The standard InChI is InChI=1S/C21H15BrN4O3/c1-28-21(27)13-4-2-11(3-5-13)16-15(10-23)19(24)29-20-17(16)18(25-26-20)12-6-8-14(22)9-7-12/h2-9,16H,24H2,1H3,(H,25,26)/t16-/m1/s1. The summed E-state index contributed by atoms with van der Waals surface area (Å²) in [6, 6.07) is 16.7. The summed E-state index contributed by atoms with van der Waals surface area (Å²) in [5, 5.41) is 17.0. The largest absolute Gasteiger partial charge is 0.465 e. The van der Waals surface area contributed by atoms with Gasteiger partial charge in [-0.1, -0.05) is 40.2 Å². The number of aromatic nitrogens is 2. The molecule has 2 aromatic carbocycles. The van der Waals surface area contributed by atoms with Crippen molar-refractivity contribution in [2.45, 2.75) is 5.92 Å². The Labute approximate surface area is 174 Å². The van der Waals surface area contributed by atoms with Crippen LogP contribution in [0, 0.1) is 11.3 Å². The van der Waals surface area contributed by atoms with Crippen molar-refractivity contribution in [3.05, 3.63) is 81.2 Å². The molecule has 2 heterocycles. The van der Waals surface area contributed by atoms with Crippen LogP contribution in [-0.4, -0.2) is 23.3 Å². The number of ether oxygens (including phenoxy) is 2. The van der Waals surface area contributed by atoms with Crippen molar-refractivity contribution in [3.8, 4) is 23.2 Å². The molecule has 1 aliphatic rings. The van der Waals surface area contributed by atoms with Crippen LogP contribution in [0.4, 0.5) is 0 Å². The third-order valence-electron chi connectivity index (χ3n) is 4.74. The molecule has 0 bridgehead atoms. The molecule has 8 heteroatoms. The first-order chi connectivity index (χ1) is 14.0. The van der Waals surface area contributed by atoms with Gasteiger partial charge in [-0.2, -0.15) is 5.26 Å². The number of hydrogen-bond acceptors (Lipinski definition) is 6. The van der Waals surface area contributed by atoms with Gasteiger partial charge in [0.25, 0.3) is 0 Å². The van der Waals surface area contributed by atoms with Crippen molar-refractivity contribution in [2.75, 3.05) is 7.11 Å². The molecule has 144 valence electrons. The van der Waals surface area contributed by atoms with Gasteiger partial charge in [0.1, 0.15) is 11.6 Å². The molecule has 1 atom stereocenters. The molecule has 0 unspecified atom stereocenters. The molecule has 1 aromatic heterocycles. The summed E-state index contributed by atoms with van der Waals surface area (Å²) in [6.45, 7) is 0. The zero-order valence-corrected chi connectivity index (χ0v) is 16.9. The van der Waals surface area contributed by atoms with Crippen molar-refractivity contribution in [3.63, 3.8) is 0 Å². The molecule has 29 heavy (non-hydrogen) atoms. The summed E-state index contributed by atoms with van der Waals surface area (Å²) in [5.74, 6) is -0.594. The molecule has 3 N–H and O–H groups in total. The van der Waals surface area contributed by atoms with Gasteiger partial charge >= 0.3 is 5.97 Å². The van der Waals surface area contributed by atoms with Crippen LogP contribution >= 0.6 is 15.9 Å². The highest BCUT2D eigenvalue weighted by Gasteiger charge is 2.35. The predicted molar refractivity (Wildman–Crippen MR) is 109 cm³/mol. The van der Waals surface area contributed by atoms with Gasteiger partial charge in [0, 0.05) is 10.0 Å². The van der Waals surface area contributed by atoms with Gasteiger partial charge in [-0.3, -0.25) is 5.10 Å². The smallest absolute Gasteiger partial charge is 0.337 e. The predicted octanol–water partition coefficient (Wildman–Crippen LogP) is 3.84. The van der Waals surface area contributed by atoms with E-state index in [4.69, 9.17) is 15.2 Å². The van der Waals surface area contributed by atoms with E-state index >= 15 is 0 Å². The van der Waals surface area contributed by atoms with Crippen LogP contribution in [0.2, 0.25) is 0 Å². The quantitative estimate of drug-likeness (QED) is 0.585. The molecule has 0 aliphatic carbocycles. The number of nitrogens with zero attached hydrogens (tertiary/aromatic N) is 2. The number of nitrogens with two attached hydrogens (primary N) is 1. The average Bonchev–Trinajstić information content (AvgIpc) is 3.16. The molecular weight excluding hydrogens is 436 g/mol. The fourth-order valence-electron chi connectivity index (χ4n) is 3.34. The van der Waals surface area contributed by atoms with Gasteiger partial charge in [-0.25, -0.2) is 4.79 Å². The number of carbonyl (C=O) groups excluding carboxylic acids is 1. The van der Waals surface area contributed by atoms with Crippen molar-refractivity contribution in [2.24, 2.45) is 5.73 Å². The van der Waals surface area contributed by atoms with E-state index in [1.807, 2.05) is 24.3 Å². The second-order valence-corrected chi connectivity index (χ2v) is 7.28. The molecule has 0 saturated carbocycles. The van der Waals surface area contributed by atoms with E-state index in [-0.39, 0.29) is 11.5 Å². The van der Waals surface area contributed by atoms with Crippen LogP contribution in [0.15, 0.2) is 64.5 Å². The monoisotopic (exact) mass is 450 g/mol. The number of esters is 1. The first-order valence-corrected chi connectivity index (χ1v) is 9.42. The number of halogens is 1. The number of hydrogen-bond donors (Lipinski definition) is 2. The first-order valence-electron chi connectivity index (χ1n) is 8.63. The summed E-state index contributed by atoms with van der Waals surface area (Å²) in [5.41, 5.74) is 9.81. The number of fused-ring (bicyclic) bond motifs is 1. The minimum Gasteiger partial charge on any atom is -0.465 e. The zero-order chi connectivity index (χ0) is 20.5. The van der Waals surface area contributed by atoms with Gasteiger partial charge in [-0.05, 0) is 29.8 Å². The van der Waals surface area contributed by atoms with Crippen molar-refractivity contribution in [1.29, 1.82) is 5.26 Å². The van der Waals surface area contributed by atoms with E-state index in [1.165, 1.54) is 7.11 Å². The first kappa shape index (κ1) is 18.8. The summed E-state index contributed by atoms with van der Waals surface area (Å²) < 4.78 is 11.3. The van der Waals surface area contributed by atoms with Gasteiger partial charge in [-0.15, -0.1) is 5.10 Å². The molecular formula is C21H15BrN4O3. The minimum absolute atomic E-state index is 0.0101. The zero-order valence-electron chi connectivity index (χ0n) is 15.3. The lowest BCUT2D eigenvalue weighted by molar-refractivity contribution is 0.0600. The van der Waals surface area contributed by atoms with E-state index in [2.05, 4.69) is 32.2 Å². The fourth-order valence-corrected chi connectivity index (χ4v) is 3.61. The van der Waals surface area contributed by atoms with E-state index in [9.17, 15) is 10.1 Å². The van der Waals surface area contributed by atoms with Crippen molar-refractivity contribution in [1.82, 2.24) is 10.2 Å². The Hall–Kier alpha value is -3.57. The molecule has 0 radical (unpaired) electrons. The van der Waals surface area contributed by atoms with Gasteiger partial charge in [0.15, 0.2) is 0 Å². The van der Waals surface area contributed by atoms with Crippen molar-refractivity contribution < 1.29 is 14.3 Å². The molecule has 0 amide bonds. The molecule has 3 aromatic rings. The maximum Gasteiger partial charge on any atom is 0.337 e. The molecule has 1 aliphatic heterocycles. The van der Waals surface area contributed by atoms with Gasteiger partial charge in [0.2, 0.25) is 11.8 Å². The lowest BCUT2D eigenvalue weighted by Gasteiger charge is -2.24. The average molecular weight is 451 g/mol. The van der Waals surface area contributed by atoms with E-state index in [1.54, 1.807) is 24.3 Å². The second kappa shape index (κ2) is 7.45. The van der Waals surface area contributed by atoms with E-state index in [0.29, 0.717) is 17.0 Å². The molecule has 0 spiro atoms. The Kier molecular flexibility index (Phi) is 4.82. The van der Waals surface area contributed by atoms with E-state index in [0.717, 1.165) is 21.3 Å². The Bertz CT molecular complexity index is 1160. The second-order valence-electron chi connectivity index (χ2n) is 6.36. The molecule has 0 fully saturated rings. The number of nitrogens with one attached hydrogen (secondary N) is 1. The summed E-state index contributed by atoms with van der Waals surface area (Å²) >= 11 is 3.43. The van der Waals surface area contributed by atoms with Crippen LogP contribution in [0.25, 0.3) is 11.3 Å². The lowest BCUT2D eigenvalue weighted by atomic mass is 9.83. The van der Waals surface area contributed by atoms with Crippen LogP contribution in [0.1, 0.15) is 27.4 Å². The van der Waals surface area contributed by atoms with Gasteiger partial charge < -0.3 is 15.2 Å². The highest BCUT2D eigenvalue weighted by atomic mass is 79.9. The SMILES string of the molecule is COC(=O)c1ccc([C@@H]2C(C#N)=C(N)Oc3n[nH]c(-c4ccc(Br)cc4)c32)cc1.